The summed E-state index contributed by atoms with van der Waals surface area (Å²) in [5.41, 5.74) is 9.09. The molecule has 0 unspecified atom stereocenters. The molecule has 0 bridgehead atoms. The highest BCUT2D eigenvalue weighted by Gasteiger charge is 2.29. The Balaban J connectivity index is 1.63. The largest absolute Gasteiger partial charge is 0.376 e. The monoisotopic (exact) mass is 580 g/mol. The van der Waals surface area contributed by atoms with Crippen molar-refractivity contribution in [2.75, 3.05) is 32.8 Å². The van der Waals surface area contributed by atoms with Crippen LogP contribution in [0.25, 0.3) is 17.3 Å². The van der Waals surface area contributed by atoms with Crippen molar-refractivity contribution in [3.8, 4) is 11.3 Å². The first-order chi connectivity index (χ1) is 19.1. The molecule has 5 heteroatoms. The molecule has 0 radical (unpaired) electrons. The van der Waals surface area contributed by atoms with Gasteiger partial charge in [0.1, 0.15) is 0 Å². The van der Waals surface area contributed by atoms with E-state index in [4.69, 9.17) is 32.9 Å². The zero-order valence-corrected chi connectivity index (χ0v) is 26.8. The number of aromatic nitrogens is 1. The van der Waals surface area contributed by atoms with Crippen molar-refractivity contribution >= 4 is 29.3 Å². The molecule has 1 fully saturated rings. The Morgan fingerprint density at radius 3 is 2.67 bits per heavy atom. The summed E-state index contributed by atoms with van der Waals surface area (Å²) >= 11 is 13.4. The molecule has 2 aromatic rings. The van der Waals surface area contributed by atoms with Gasteiger partial charge in [-0.15, -0.1) is 0 Å². The van der Waals surface area contributed by atoms with Crippen LogP contribution in [0.4, 0.5) is 0 Å². The van der Waals surface area contributed by atoms with E-state index in [2.05, 4.69) is 82.5 Å². The Morgan fingerprint density at radius 2 is 2.02 bits per heavy atom. The average molecular weight is 582 g/mol. The van der Waals surface area contributed by atoms with E-state index in [1.165, 1.54) is 28.7 Å². The molecule has 3 rings (SSSR count). The molecule has 0 amide bonds. The number of hydrogen-bond acceptors (Lipinski definition) is 3. The highest BCUT2D eigenvalue weighted by molar-refractivity contribution is 6.33. The molecule has 1 saturated heterocycles. The Morgan fingerprint density at radius 1 is 1.25 bits per heavy atom. The van der Waals surface area contributed by atoms with Crippen LogP contribution in [0.5, 0.6) is 0 Å². The maximum atomic E-state index is 6.73. The number of benzene rings is 1. The summed E-state index contributed by atoms with van der Waals surface area (Å²) in [6, 6.07) is 6.27. The lowest BCUT2D eigenvalue weighted by atomic mass is 9.93. The van der Waals surface area contributed by atoms with E-state index in [1.54, 1.807) is 0 Å². The molecule has 0 saturated carbocycles. The quantitative estimate of drug-likeness (QED) is 0.174. The first-order valence-corrected chi connectivity index (χ1v) is 15.3. The number of rotatable bonds is 13. The van der Waals surface area contributed by atoms with Crippen molar-refractivity contribution in [2.45, 2.75) is 67.2 Å². The van der Waals surface area contributed by atoms with Crippen molar-refractivity contribution in [2.24, 2.45) is 5.41 Å². The van der Waals surface area contributed by atoms with E-state index in [1.807, 2.05) is 19.2 Å². The van der Waals surface area contributed by atoms with Gasteiger partial charge in [-0.05, 0) is 109 Å². The number of pyridine rings is 1. The third-order valence-electron chi connectivity index (χ3n) is 7.54. The van der Waals surface area contributed by atoms with Gasteiger partial charge in [-0.25, -0.2) is 0 Å². The highest BCUT2D eigenvalue weighted by Crippen LogP contribution is 2.34. The Kier molecular flexibility index (Phi) is 12.3. The molecule has 216 valence electrons. The van der Waals surface area contributed by atoms with Gasteiger partial charge in [0.05, 0.1) is 23.9 Å². The van der Waals surface area contributed by atoms with Gasteiger partial charge >= 0.3 is 0 Å². The third kappa shape index (κ3) is 8.91. The van der Waals surface area contributed by atoms with Crippen molar-refractivity contribution < 1.29 is 4.74 Å². The van der Waals surface area contributed by atoms with E-state index >= 15 is 0 Å². The summed E-state index contributed by atoms with van der Waals surface area (Å²) in [5, 5.41) is 1.39. The van der Waals surface area contributed by atoms with Gasteiger partial charge in [0, 0.05) is 29.9 Å². The number of likely N-dealkylation sites (tertiary alicyclic amines) is 1. The number of hydrogen-bond donors (Lipinski definition) is 0. The number of aryl methyl sites for hydroxylation is 1. The van der Waals surface area contributed by atoms with Crippen molar-refractivity contribution in [1.82, 2.24) is 9.88 Å². The van der Waals surface area contributed by atoms with Gasteiger partial charge in [-0.2, -0.15) is 0 Å². The molecule has 1 aliphatic heterocycles. The second-order valence-electron chi connectivity index (χ2n) is 11.6. The zero-order chi connectivity index (χ0) is 29.3. The molecule has 3 nitrogen and oxygen atoms in total. The number of halogens is 2. The predicted molar refractivity (Wildman–Crippen MR) is 174 cm³/mol. The average Bonchev–Trinajstić information content (AvgIpc) is 3.25. The summed E-state index contributed by atoms with van der Waals surface area (Å²) in [6.45, 7) is 21.5. The van der Waals surface area contributed by atoms with Gasteiger partial charge in [0.15, 0.2) is 0 Å². The highest BCUT2D eigenvalue weighted by atomic mass is 35.5. The molecular weight excluding hydrogens is 535 g/mol. The van der Waals surface area contributed by atoms with Gasteiger partial charge in [-0.3, -0.25) is 9.88 Å². The first kappa shape index (κ1) is 32.3. The molecule has 0 spiro atoms. The maximum absolute atomic E-state index is 6.73. The van der Waals surface area contributed by atoms with Crippen LogP contribution in [-0.2, 0) is 17.6 Å². The molecule has 40 heavy (non-hydrogen) atoms. The van der Waals surface area contributed by atoms with Crippen LogP contribution in [0, 0.1) is 12.3 Å². The van der Waals surface area contributed by atoms with Crippen LogP contribution in [0.15, 0.2) is 65.4 Å². The molecule has 0 atom stereocenters. The lowest BCUT2D eigenvalue weighted by Gasteiger charge is -2.20. The molecular formula is C35H46Cl2N2O. The van der Waals surface area contributed by atoms with Crippen LogP contribution in [0.1, 0.15) is 69.7 Å². The summed E-state index contributed by atoms with van der Waals surface area (Å²) < 4.78 is 6.04. The lowest BCUT2D eigenvalue weighted by Crippen LogP contribution is -2.25. The topological polar surface area (TPSA) is 25.4 Å². The third-order valence-corrected chi connectivity index (χ3v) is 8.23. The minimum Gasteiger partial charge on any atom is -0.376 e. The summed E-state index contributed by atoms with van der Waals surface area (Å²) in [6.07, 6.45) is 14.2. The van der Waals surface area contributed by atoms with Gasteiger partial charge < -0.3 is 4.74 Å². The molecule has 1 aliphatic rings. The number of allylic oxidation sites excluding steroid dienone is 2. The predicted octanol–water partition coefficient (Wildman–Crippen LogP) is 9.61. The fourth-order valence-corrected chi connectivity index (χ4v) is 5.88. The Hall–Kier alpha value is -2.17. The van der Waals surface area contributed by atoms with Crippen molar-refractivity contribution in [3.63, 3.8) is 0 Å². The molecule has 0 N–H and O–H groups in total. The van der Waals surface area contributed by atoms with Gasteiger partial charge in [0.25, 0.3) is 0 Å². The van der Waals surface area contributed by atoms with E-state index in [0.29, 0.717) is 23.7 Å². The van der Waals surface area contributed by atoms with Gasteiger partial charge in [-0.1, -0.05) is 75.7 Å². The van der Waals surface area contributed by atoms with Crippen LogP contribution < -0.4 is 0 Å². The van der Waals surface area contributed by atoms with E-state index < -0.39 is 0 Å². The minimum atomic E-state index is 0.386. The first-order valence-electron chi connectivity index (χ1n) is 14.5. The SMILES string of the molecule is C=C(COCCc1cc(-c2nccc(C=CC)c2CC)c(Cl)cc1C)C(Cl)=CC(=CCC)CN1CCC(C)(C)C1. The molecule has 2 heterocycles. The maximum Gasteiger partial charge on any atom is 0.0754 e. The van der Waals surface area contributed by atoms with E-state index in [-0.39, 0.29) is 0 Å². The van der Waals surface area contributed by atoms with Crippen LogP contribution in [0.3, 0.4) is 0 Å². The summed E-state index contributed by atoms with van der Waals surface area (Å²) in [4.78, 5) is 7.23. The minimum absolute atomic E-state index is 0.386. The van der Waals surface area contributed by atoms with Crippen LogP contribution in [0.2, 0.25) is 5.02 Å². The number of ether oxygens (including phenoxy) is 1. The van der Waals surface area contributed by atoms with Crippen molar-refractivity contribution in [1.29, 1.82) is 0 Å². The fourth-order valence-electron chi connectivity index (χ4n) is 5.38. The second kappa shape index (κ2) is 15.2. The Labute approximate surface area is 252 Å². The van der Waals surface area contributed by atoms with E-state index in [0.717, 1.165) is 66.3 Å². The summed E-state index contributed by atoms with van der Waals surface area (Å²) in [5.74, 6) is 0. The second-order valence-corrected chi connectivity index (χ2v) is 12.4. The summed E-state index contributed by atoms with van der Waals surface area (Å²) in [7, 11) is 0. The normalized spacial score (nSPS) is 16.3. The standard InChI is InChI=1S/C35H46Cl2N2O/c1-8-11-27(22-39-17-15-35(6,7)24-39)20-32(36)26(5)23-40-18-14-29-21-31(33(37)19-25(29)4)34-30(10-3)28(12-9-2)13-16-38-34/h9,11-13,16,19-21H,5,8,10,14-15,17-18,22-24H2,1-4,6-7H3. The fraction of sp³-hybridized carbons (Fsp3) is 0.457. The molecule has 1 aromatic heterocycles. The smallest absolute Gasteiger partial charge is 0.0754 e. The molecule has 0 aliphatic carbocycles. The number of nitrogens with zero attached hydrogens (tertiary/aromatic N) is 2. The lowest BCUT2D eigenvalue weighted by molar-refractivity contribution is 0.161. The van der Waals surface area contributed by atoms with Crippen molar-refractivity contribution in [3.05, 3.63) is 92.7 Å². The van der Waals surface area contributed by atoms with Gasteiger partial charge in [0.2, 0.25) is 0 Å². The van der Waals surface area contributed by atoms with E-state index in [9.17, 15) is 0 Å². The van der Waals surface area contributed by atoms with Crippen LogP contribution in [-0.4, -0.2) is 42.7 Å². The Bertz CT molecular complexity index is 1270. The zero-order valence-electron chi connectivity index (χ0n) is 25.2. The van der Waals surface area contributed by atoms with Crippen LogP contribution >= 0.6 is 23.2 Å². The molecule has 1 aromatic carbocycles.